The number of pyridine rings is 1. The fourth-order valence-electron chi connectivity index (χ4n) is 3.48. The van der Waals surface area contributed by atoms with Gasteiger partial charge in [-0.15, -0.1) is 0 Å². The molecule has 0 unspecified atom stereocenters. The van der Waals surface area contributed by atoms with Crippen molar-refractivity contribution in [3.63, 3.8) is 0 Å². The van der Waals surface area contributed by atoms with Crippen molar-refractivity contribution in [3.8, 4) is 23.0 Å². The first kappa shape index (κ1) is 25.4. The number of amides is 2. The Balaban J connectivity index is 1.45. The molecule has 4 aromatic rings. The average Bonchev–Trinajstić information content (AvgIpc) is 2.90. The summed E-state index contributed by atoms with van der Waals surface area (Å²) < 4.78 is 29.9. The second-order valence-electron chi connectivity index (χ2n) is 8.70. The molecule has 0 aliphatic heterocycles. The van der Waals surface area contributed by atoms with Gasteiger partial charge in [0.05, 0.1) is 19.7 Å². The van der Waals surface area contributed by atoms with Crippen molar-refractivity contribution < 1.29 is 28.2 Å². The van der Waals surface area contributed by atoms with Crippen LogP contribution >= 0.6 is 0 Å². The van der Waals surface area contributed by atoms with E-state index in [1.54, 1.807) is 62.9 Å². The molecule has 0 aliphatic rings. The lowest BCUT2D eigenvalue weighted by Crippen LogP contribution is -2.41. The highest BCUT2D eigenvalue weighted by molar-refractivity contribution is 6.14. The quantitative estimate of drug-likeness (QED) is 0.296. The molecule has 190 valence electrons. The van der Waals surface area contributed by atoms with Crippen molar-refractivity contribution in [2.24, 2.45) is 5.41 Å². The number of halogens is 1. The van der Waals surface area contributed by atoms with Gasteiger partial charge < -0.3 is 24.8 Å². The molecule has 2 N–H and O–H groups in total. The molecule has 0 atom stereocenters. The number of aromatic nitrogens is 1. The van der Waals surface area contributed by atoms with E-state index in [4.69, 9.17) is 14.2 Å². The van der Waals surface area contributed by atoms with Gasteiger partial charge >= 0.3 is 0 Å². The largest absolute Gasteiger partial charge is 0.493 e. The van der Waals surface area contributed by atoms with E-state index in [1.807, 2.05) is 0 Å². The van der Waals surface area contributed by atoms with Crippen LogP contribution in [0.15, 0.2) is 72.9 Å². The third-order valence-electron chi connectivity index (χ3n) is 5.78. The van der Waals surface area contributed by atoms with Crippen LogP contribution in [0.25, 0.3) is 10.9 Å². The Kier molecular flexibility index (Phi) is 7.24. The number of nitrogens with one attached hydrogen (secondary N) is 2. The summed E-state index contributed by atoms with van der Waals surface area (Å²) in [7, 11) is 3.12. The Hall–Kier alpha value is -4.66. The van der Waals surface area contributed by atoms with Crippen LogP contribution < -0.4 is 24.8 Å². The number of rotatable bonds is 8. The van der Waals surface area contributed by atoms with Crippen LogP contribution in [0.1, 0.15) is 13.8 Å². The summed E-state index contributed by atoms with van der Waals surface area (Å²) in [4.78, 5) is 29.9. The van der Waals surface area contributed by atoms with Gasteiger partial charge in [0, 0.05) is 29.0 Å². The highest BCUT2D eigenvalue weighted by atomic mass is 19.1. The van der Waals surface area contributed by atoms with Crippen LogP contribution in [0, 0.1) is 11.2 Å². The van der Waals surface area contributed by atoms with Crippen LogP contribution in [0.2, 0.25) is 0 Å². The number of carbonyl (C=O) groups excluding carboxylic acids is 2. The maximum Gasteiger partial charge on any atom is 0.239 e. The minimum Gasteiger partial charge on any atom is -0.493 e. The zero-order valence-corrected chi connectivity index (χ0v) is 20.8. The van der Waals surface area contributed by atoms with Crippen LogP contribution in [0.3, 0.4) is 0 Å². The number of anilines is 2. The normalized spacial score (nSPS) is 11.1. The number of hydrogen-bond donors (Lipinski definition) is 2. The molecule has 0 radical (unpaired) electrons. The summed E-state index contributed by atoms with van der Waals surface area (Å²) in [6, 6.07) is 17.4. The molecule has 0 saturated heterocycles. The number of methoxy groups -OCH3 is 2. The molecular weight excluding hydrogens is 477 g/mol. The summed E-state index contributed by atoms with van der Waals surface area (Å²) in [5, 5.41) is 6.13. The predicted octanol–water partition coefficient (Wildman–Crippen LogP) is 5.79. The van der Waals surface area contributed by atoms with Crippen molar-refractivity contribution in [1.29, 1.82) is 0 Å². The summed E-state index contributed by atoms with van der Waals surface area (Å²) in [6.07, 6.45) is 1.64. The van der Waals surface area contributed by atoms with Crippen LogP contribution in [0.5, 0.6) is 23.0 Å². The third kappa shape index (κ3) is 5.61. The highest BCUT2D eigenvalue weighted by Crippen LogP contribution is 2.37. The van der Waals surface area contributed by atoms with Gasteiger partial charge in [0.1, 0.15) is 22.7 Å². The van der Waals surface area contributed by atoms with Gasteiger partial charge in [0.25, 0.3) is 0 Å². The van der Waals surface area contributed by atoms with Crippen molar-refractivity contribution >= 4 is 34.1 Å². The lowest BCUT2D eigenvalue weighted by molar-refractivity contribution is -0.135. The number of benzene rings is 3. The van der Waals surface area contributed by atoms with E-state index in [0.717, 1.165) is 5.39 Å². The van der Waals surface area contributed by atoms with Crippen molar-refractivity contribution in [2.45, 2.75) is 13.8 Å². The van der Waals surface area contributed by atoms with Crippen molar-refractivity contribution in [1.82, 2.24) is 4.98 Å². The van der Waals surface area contributed by atoms with Crippen molar-refractivity contribution in [3.05, 3.63) is 78.7 Å². The molecule has 9 heteroatoms. The van der Waals surface area contributed by atoms with Crippen LogP contribution in [0.4, 0.5) is 15.8 Å². The Morgan fingerprint density at radius 1 is 0.784 bits per heavy atom. The number of carbonyl (C=O) groups is 2. The molecule has 1 aromatic heterocycles. The molecular formula is C28H26FN3O5. The first-order chi connectivity index (χ1) is 17.7. The van der Waals surface area contributed by atoms with Crippen LogP contribution in [-0.2, 0) is 9.59 Å². The number of hydrogen-bond acceptors (Lipinski definition) is 6. The second kappa shape index (κ2) is 10.5. The lowest BCUT2D eigenvalue weighted by atomic mass is 9.90. The molecule has 1 heterocycles. The molecule has 8 nitrogen and oxygen atoms in total. The molecule has 3 aromatic carbocycles. The maximum atomic E-state index is 13.1. The van der Waals surface area contributed by atoms with Crippen LogP contribution in [-0.4, -0.2) is 31.0 Å². The standard InChI is InChI=1S/C28H26FN3O5/c1-28(2,26(33)31-18-7-5-17(29)6-8-18)27(34)32-19-9-11-20(12-10-19)37-23-13-14-30-22-16-25(36-4)24(35-3)15-21(22)23/h5-16H,1-4H3,(H,31,33)(H,32,34). The number of nitrogens with zero attached hydrogens (tertiary/aromatic N) is 1. The van der Waals surface area contributed by atoms with E-state index in [0.29, 0.717) is 39.9 Å². The Labute approximate surface area is 213 Å². The van der Waals surface area contributed by atoms with Gasteiger partial charge in [-0.05, 0) is 74.5 Å². The summed E-state index contributed by atoms with van der Waals surface area (Å²) in [6.45, 7) is 3.02. The van der Waals surface area contributed by atoms with E-state index in [1.165, 1.54) is 38.1 Å². The third-order valence-corrected chi connectivity index (χ3v) is 5.78. The van der Waals surface area contributed by atoms with Crippen molar-refractivity contribution in [2.75, 3.05) is 24.9 Å². The maximum absolute atomic E-state index is 13.1. The minimum absolute atomic E-state index is 0.397. The Morgan fingerprint density at radius 2 is 1.32 bits per heavy atom. The average molecular weight is 504 g/mol. The van der Waals surface area contributed by atoms with Gasteiger partial charge in [-0.3, -0.25) is 14.6 Å². The molecule has 0 bridgehead atoms. The van der Waals surface area contributed by atoms with Gasteiger partial charge in [0.2, 0.25) is 11.8 Å². The molecule has 0 saturated carbocycles. The van der Waals surface area contributed by atoms with E-state index in [2.05, 4.69) is 15.6 Å². The molecule has 2 amide bonds. The van der Waals surface area contributed by atoms with Gasteiger partial charge in [0.15, 0.2) is 11.5 Å². The lowest BCUT2D eigenvalue weighted by Gasteiger charge is -2.23. The summed E-state index contributed by atoms with van der Waals surface area (Å²) >= 11 is 0. The Bertz CT molecular complexity index is 1440. The summed E-state index contributed by atoms with van der Waals surface area (Å²) in [5.41, 5.74) is 0.180. The SMILES string of the molecule is COc1cc2nccc(Oc3ccc(NC(=O)C(C)(C)C(=O)Nc4ccc(F)cc4)cc3)c2cc1OC. The molecule has 37 heavy (non-hydrogen) atoms. The van der Waals surface area contributed by atoms with Gasteiger partial charge in [-0.25, -0.2) is 4.39 Å². The van der Waals surface area contributed by atoms with Gasteiger partial charge in [-0.2, -0.15) is 0 Å². The van der Waals surface area contributed by atoms with E-state index >= 15 is 0 Å². The zero-order valence-electron chi connectivity index (χ0n) is 20.8. The van der Waals surface area contributed by atoms with E-state index < -0.39 is 23.0 Å². The fourth-order valence-corrected chi connectivity index (χ4v) is 3.48. The monoisotopic (exact) mass is 503 g/mol. The predicted molar refractivity (Wildman–Crippen MR) is 139 cm³/mol. The summed E-state index contributed by atoms with van der Waals surface area (Å²) in [5.74, 6) is 0.788. The smallest absolute Gasteiger partial charge is 0.239 e. The number of ether oxygens (including phenoxy) is 3. The fraction of sp³-hybridized carbons (Fsp3) is 0.179. The number of fused-ring (bicyclic) bond motifs is 1. The first-order valence-corrected chi connectivity index (χ1v) is 11.4. The second-order valence-corrected chi connectivity index (χ2v) is 8.70. The van der Waals surface area contributed by atoms with E-state index in [-0.39, 0.29) is 0 Å². The van der Waals surface area contributed by atoms with E-state index in [9.17, 15) is 14.0 Å². The highest BCUT2D eigenvalue weighted by Gasteiger charge is 2.36. The molecule has 0 aliphatic carbocycles. The van der Waals surface area contributed by atoms with Gasteiger partial charge in [-0.1, -0.05) is 0 Å². The zero-order chi connectivity index (χ0) is 26.6. The topological polar surface area (TPSA) is 98.8 Å². The molecule has 4 rings (SSSR count). The molecule has 0 fully saturated rings. The molecule has 0 spiro atoms. The minimum atomic E-state index is -1.39. The first-order valence-electron chi connectivity index (χ1n) is 11.4. The Morgan fingerprint density at radius 3 is 1.89 bits per heavy atom.